The molecular weight excluding hydrogens is 328 g/mol. The van der Waals surface area contributed by atoms with Crippen LogP contribution in [0.4, 0.5) is 0 Å². The Labute approximate surface area is 125 Å². The third kappa shape index (κ3) is 2.79. The van der Waals surface area contributed by atoms with Gasteiger partial charge in [-0.1, -0.05) is 34.1 Å². The first-order valence-corrected chi connectivity index (χ1v) is 6.85. The molecule has 0 spiro atoms. The average molecular weight is 341 g/mol. The number of nitrogens with one attached hydrogen (secondary N) is 2. The summed E-state index contributed by atoms with van der Waals surface area (Å²) in [5, 5.41) is 6.54. The van der Waals surface area contributed by atoms with Crippen molar-refractivity contribution >= 4 is 39.2 Å². The molecule has 6 heteroatoms. The number of ether oxygens (including phenoxy) is 1. The van der Waals surface area contributed by atoms with Crippen molar-refractivity contribution in [1.29, 1.82) is 0 Å². The highest BCUT2D eigenvalue weighted by Gasteiger charge is 2.31. The largest absolute Gasteiger partial charge is 0.466 e. The Kier molecular flexibility index (Phi) is 4.21. The van der Waals surface area contributed by atoms with Crippen LogP contribution in [0.25, 0.3) is 0 Å². The van der Waals surface area contributed by atoms with Gasteiger partial charge in [0.25, 0.3) is 0 Å². The maximum absolute atomic E-state index is 12.0. The van der Waals surface area contributed by atoms with Gasteiger partial charge in [0.05, 0.1) is 18.7 Å². The Bertz CT molecular complexity index is 572. The van der Waals surface area contributed by atoms with Crippen LogP contribution in [0.2, 0.25) is 0 Å². The summed E-state index contributed by atoms with van der Waals surface area (Å²) in [4.78, 5) is 12.0. The number of methoxy groups -OCH3 is 1. The summed E-state index contributed by atoms with van der Waals surface area (Å²) in [5.74, 6) is -0.374. The van der Waals surface area contributed by atoms with Crippen molar-refractivity contribution in [2.45, 2.75) is 13.0 Å². The molecule has 0 aromatic heterocycles. The van der Waals surface area contributed by atoms with Crippen LogP contribution in [0, 0.1) is 0 Å². The second-order valence-corrected chi connectivity index (χ2v) is 5.35. The van der Waals surface area contributed by atoms with Crippen molar-refractivity contribution in [1.82, 2.24) is 10.6 Å². The van der Waals surface area contributed by atoms with Crippen LogP contribution in [-0.4, -0.2) is 18.2 Å². The van der Waals surface area contributed by atoms with E-state index in [9.17, 15) is 4.79 Å². The number of allylic oxidation sites excluding steroid dienone is 1. The molecule has 2 rings (SSSR count). The molecule has 1 aromatic carbocycles. The molecule has 0 aliphatic carbocycles. The first-order valence-electron chi connectivity index (χ1n) is 5.65. The van der Waals surface area contributed by atoms with Gasteiger partial charge in [-0.25, -0.2) is 4.79 Å². The molecule has 0 amide bonds. The molecule has 0 unspecified atom stereocenters. The zero-order chi connectivity index (χ0) is 14.0. The second-order valence-electron chi connectivity index (χ2n) is 4.08. The van der Waals surface area contributed by atoms with Crippen molar-refractivity contribution in [3.05, 3.63) is 45.6 Å². The third-order valence-corrected chi connectivity index (χ3v) is 3.83. The molecule has 1 atom stereocenters. The quantitative estimate of drug-likeness (QED) is 0.639. The van der Waals surface area contributed by atoms with Crippen LogP contribution in [-0.2, 0) is 9.53 Å². The lowest BCUT2D eigenvalue weighted by Crippen LogP contribution is -2.45. The highest BCUT2D eigenvalue weighted by molar-refractivity contribution is 9.10. The summed E-state index contributed by atoms with van der Waals surface area (Å²) in [6.45, 7) is 1.81. The van der Waals surface area contributed by atoms with Gasteiger partial charge in [-0.3, -0.25) is 0 Å². The van der Waals surface area contributed by atoms with E-state index in [4.69, 9.17) is 17.0 Å². The minimum atomic E-state index is -0.374. The first kappa shape index (κ1) is 14.0. The Morgan fingerprint density at radius 3 is 2.74 bits per heavy atom. The van der Waals surface area contributed by atoms with Gasteiger partial charge in [0.2, 0.25) is 0 Å². The number of hydrogen-bond donors (Lipinski definition) is 2. The van der Waals surface area contributed by atoms with Gasteiger partial charge in [-0.2, -0.15) is 0 Å². The molecule has 1 aliphatic rings. The van der Waals surface area contributed by atoms with Crippen molar-refractivity contribution in [3.8, 4) is 0 Å². The monoisotopic (exact) mass is 340 g/mol. The molecule has 19 heavy (non-hydrogen) atoms. The van der Waals surface area contributed by atoms with E-state index in [1.807, 2.05) is 31.2 Å². The fraction of sp³-hybridized carbons (Fsp3) is 0.231. The zero-order valence-corrected chi connectivity index (χ0v) is 12.9. The number of hydrogen-bond acceptors (Lipinski definition) is 3. The lowest BCUT2D eigenvalue weighted by atomic mass is 9.96. The molecule has 0 saturated carbocycles. The number of halogens is 1. The number of carbonyl (C=O) groups excluding carboxylic acids is 1. The molecule has 2 N–H and O–H groups in total. The first-order chi connectivity index (χ1) is 9.04. The molecule has 1 aliphatic heterocycles. The van der Waals surface area contributed by atoms with E-state index < -0.39 is 0 Å². The van der Waals surface area contributed by atoms with Crippen molar-refractivity contribution in [2.24, 2.45) is 0 Å². The molecule has 0 fully saturated rings. The van der Waals surface area contributed by atoms with Gasteiger partial charge < -0.3 is 15.4 Å². The minimum Gasteiger partial charge on any atom is -0.466 e. The topological polar surface area (TPSA) is 50.4 Å². The van der Waals surface area contributed by atoms with E-state index in [-0.39, 0.29) is 12.0 Å². The standard InChI is InChI=1S/C13H13BrN2O2S/c1-7-10(12(17)18-2)11(16-13(19)15-7)8-5-3-4-6-9(8)14/h3-6,11H,1-2H3,(H2,15,16,19)/t11-/m1/s1. The smallest absolute Gasteiger partial charge is 0.337 e. The zero-order valence-electron chi connectivity index (χ0n) is 10.5. The molecule has 0 saturated heterocycles. The van der Waals surface area contributed by atoms with E-state index in [1.165, 1.54) is 7.11 Å². The van der Waals surface area contributed by atoms with Gasteiger partial charge in [0.15, 0.2) is 5.11 Å². The van der Waals surface area contributed by atoms with E-state index in [2.05, 4.69) is 26.6 Å². The maximum Gasteiger partial charge on any atom is 0.337 e. The molecular formula is C13H13BrN2O2S. The van der Waals surface area contributed by atoms with Crippen molar-refractivity contribution in [3.63, 3.8) is 0 Å². The van der Waals surface area contributed by atoms with E-state index >= 15 is 0 Å². The van der Waals surface area contributed by atoms with Crippen LogP contribution >= 0.6 is 28.1 Å². The van der Waals surface area contributed by atoms with Crippen LogP contribution in [0.15, 0.2) is 40.0 Å². The number of carbonyl (C=O) groups is 1. The molecule has 0 radical (unpaired) electrons. The summed E-state index contributed by atoms with van der Waals surface area (Å²) in [5.41, 5.74) is 2.17. The fourth-order valence-corrected chi connectivity index (χ4v) is 2.80. The normalized spacial score (nSPS) is 18.7. The lowest BCUT2D eigenvalue weighted by Gasteiger charge is -2.30. The van der Waals surface area contributed by atoms with Crippen molar-refractivity contribution in [2.75, 3.05) is 7.11 Å². The van der Waals surface area contributed by atoms with E-state index in [0.29, 0.717) is 16.4 Å². The van der Waals surface area contributed by atoms with Gasteiger partial charge in [0.1, 0.15) is 0 Å². The summed E-state index contributed by atoms with van der Waals surface area (Å²) in [6.07, 6.45) is 0. The molecule has 1 heterocycles. The average Bonchev–Trinajstić information content (AvgIpc) is 2.37. The van der Waals surface area contributed by atoms with E-state index in [1.54, 1.807) is 0 Å². The highest BCUT2D eigenvalue weighted by atomic mass is 79.9. The van der Waals surface area contributed by atoms with Gasteiger partial charge in [0, 0.05) is 10.2 Å². The summed E-state index contributed by atoms with van der Waals surface area (Å²) in [7, 11) is 1.37. The maximum atomic E-state index is 12.0. The number of benzene rings is 1. The van der Waals surface area contributed by atoms with Gasteiger partial charge in [-0.05, 0) is 30.8 Å². The Balaban J connectivity index is 2.53. The summed E-state index contributed by atoms with van der Waals surface area (Å²) in [6, 6.07) is 7.37. The predicted molar refractivity (Wildman–Crippen MR) is 80.5 cm³/mol. The van der Waals surface area contributed by atoms with Gasteiger partial charge >= 0.3 is 5.97 Å². The number of rotatable bonds is 2. The third-order valence-electron chi connectivity index (χ3n) is 2.89. The Hall–Kier alpha value is -1.40. The number of esters is 1. The van der Waals surface area contributed by atoms with Crippen LogP contribution in [0.3, 0.4) is 0 Å². The fourth-order valence-electron chi connectivity index (χ4n) is 2.02. The molecule has 1 aromatic rings. The van der Waals surface area contributed by atoms with E-state index in [0.717, 1.165) is 10.0 Å². The molecule has 100 valence electrons. The second kappa shape index (κ2) is 5.71. The number of thiocarbonyl (C=S) groups is 1. The minimum absolute atomic E-state index is 0.322. The van der Waals surface area contributed by atoms with Crippen LogP contribution < -0.4 is 10.6 Å². The molecule has 4 nitrogen and oxygen atoms in total. The summed E-state index contributed by atoms with van der Waals surface area (Å²) >= 11 is 8.65. The van der Waals surface area contributed by atoms with Crippen molar-refractivity contribution < 1.29 is 9.53 Å². The predicted octanol–water partition coefficient (Wildman–Crippen LogP) is 2.41. The SMILES string of the molecule is COC(=O)C1=C(C)NC(=S)N[C@@H]1c1ccccc1Br. The highest BCUT2D eigenvalue weighted by Crippen LogP contribution is 2.31. The summed E-state index contributed by atoms with van der Waals surface area (Å²) < 4.78 is 5.76. The Morgan fingerprint density at radius 2 is 2.11 bits per heavy atom. The van der Waals surface area contributed by atoms with Gasteiger partial charge in [-0.15, -0.1) is 0 Å². The lowest BCUT2D eigenvalue weighted by molar-refractivity contribution is -0.136. The molecule has 0 bridgehead atoms. The Morgan fingerprint density at radius 1 is 1.42 bits per heavy atom. The van der Waals surface area contributed by atoms with Crippen LogP contribution in [0.5, 0.6) is 0 Å². The van der Waals surface area contributed by atoms with Crippen LogP contribution in [0.1, 0.15) is 18.5 Å².